The first-order chi connectivity index (χ1) is 13.8. The van der Waals surface area contributed by atoms with Crippen LogP contribution in [-0.2, 0) is 6.61 Å². The second-order valence-electron chi connectivity index (χ2n) is 6.69. The van der Waals surface area contributed by atoms with Gasteiger partial charge in [0.1, 0.15) is 18.2 Å². The molecule has 1 heterocycles. The number of nitrogens with one attached hydrogen (secondary N) is 1. The summed E-state index contributed by atoms with van der Waals surface area (Å²) in [7, 11) is 0. The van der Waals surface area contributed by atoms with E-state index < -0.39 is 0 Å². The molecule has 0 saturated heterocycles. The third-order valence-electron chi connectivity index (χ3n) is 4.81. The fourth-order valence-electron chi connectivity index (χ4n) is 3.43. The van der Waals surface area contributed by atoms with Gasteiger partial charge in [0.2, 0.25) is 0 Å². The molecule has 0 amide bonds. The maximum Gasteiger partial charge on any atom is 0.138 e. The zero-order valence-electron chi connectivity index (χ0n) is 15.0. The van der Waals surface area contributed by atoms with E-state index in [0.717, 1.165) is 33.7 Å². The highest BCUT2D eigenvalue weighted by atomic mass is 35.5. The molecule has 5 rings (SSSR count). The zero-order valence-corrected chi connectivity index (χ0v) is 15.8. The van der Waals surface area contributed by atoms with Crippen molar-refractivity contribution in [1.82, 2.24) is 0 Å². The van der Waals surface area contributed by atoms with Gasteiger partial charge in [-0.3, -0.25) is 0 Å². The molecule has 1 aliphatic rings. The molecule has 3 nitrogen and oxygen atoms in total. The Morgan fingerprint density at radius 2 is 1.68 bits per heavy atom. The van der Waals surface area contributed by atoms with Gasteiger partial charge in [0.15, 0.2) is 0 Å². The van der Waals surface area contributed by atoms with E-state index in [1.54, 1.807) is 0 Å². The fraction of sp³-hybridized carbons (Fsp3) is 0.0417. The van der Waals surface area contributed by atoms with Crippen LogP contribution in [0.15, 0.2) is 89.9 Å². The van der Waals surface area contributed by atoms with Crippen molar-refractivity contribution in [3.8, 4) is 5.75 Å². The summed E-state index contributed by atoms with van der Waals surface area (Å²) in [4.78, 5) is 4.80. The number of rotatable bonds is 4. The number of aliphatic imine (C=N–C) groups is 1. The van der Waals surface area contributed by atoms with Crippen molar-refractivity contribution in [2.45, 2.75) is 6.61 Å². The van der Waals surface area contributed by atoms with E-state index in [1.165, 1.54) is 5.39 Å². The van der Waals surface area contributed by atoms with Crippen LogP contribution < -0.4 is 10.1 Å². The van der Waals surface area contributed by atoms with Crippen LogP contribution in [0, 0.1) is 0 Å². The van der Waals surface area contributed by atoms with Crippen LogP contribution in [-0.4, -0.2) is 5.84 Å². The SMILES string of the molecule is Clc1cc(C2=Nc3cccc4cccc(c34)N2)ccc1OCc1ccccc1. The summed E-state index contributed by atoms with van der Waals surface area (Å²) in [6, 6.07) is 28.2. The fourth-order valence-corrected chi connectivity index (χ4v) is 3.67. The van der Waals surface area contributed by atoms with E-state index in [0.29, 0.717) is 17.4 Å². The third kappa shape index (κ3) is 3.10. The number of hydrogen-bond donors (Lipinski definition) is 1. The number of amidine groups is 1. The zero-order chi connectivity index (χ0) is 18.9. The monoisotopic (exact) mass is 384 g/mol. The predicted molar refractivity (Wildman–Crippen MR) is 116 cm³/mol. The topological polar surface area (TPSA) is 33.6 Å². The first-order valence-electron chi connectivity index (χ1n) is 9.12. The van der Waals surface area contributed by atoms with E-state index in [2.05, 4.69) is 23.5 Å². The lowest BCUT2D eigenvalue weighted by molar-refractivity contribution is 0.306. The molecular weight excluding hydrogens is 368 g/mol. The van der Waals surface area contributed by atoms with E-state index in [-0.39, 0.29) is 0 Å². The summed E-state index contributed by atoms with van der Waals surface area (Å²) >= 11 is 6.49. The molecule has 0 bridgehead atoms. The maximum atomic E-state index is 6.49. The van der Waals surface area contributed by atoms with Gasteiger partial charge in [0.25, 0.3) is 0 Å². The smallest absolute Gasteiger partial charge is 0.138 e. The molecule has 136 valence electrons. The minimum absolute atomic E-state index is 0.481. The largest absolute Gasteiger partial charge is 0.487 e. The van der Waals surface area contributed by atoms with Crippen LogP contribution in [0.25, 0.3) is 10.8 Å². The Morgan fingerprint density at radius 1 is 0.857 bits per heavy atom. The molecule has 0 spiro atoms. The molecule has 28 heavy (non-hydrogen) atoms. The van der Waals surface area contributed by atoms with Crippen molar-refractivity contribution in [2.75, 3.05) is 5.32 Å². The Kier molecular flexibility index (Phi) is 4.22. The van der Waals surface area contributed by atoms with Gasteiger partial charge in [0.05, 0.1) is 10.7 Å². The average Bonchev–Trinajstić information content (AvgIpc) is 2.74. The first-order valence-corrected chi connectivity index (χ1v) is 9.50. The number of halogens is 1. The Labute approximate surface area is 168 Å². The Bertz CT molecular complexity index is 1200. The van der Waals surface area contributed by atoms with Gasteiger partial charge in [-0.1, -0.05) is 66.2 Å². The van der Waals surface area contributed by atoms with Crippen molar-refractivity contribution < 1.29 is 4.74 Å². The molecule has 0 radical (unpaired) electrons. The van der Waals surface area contributed by atoms with Crippen LogP contribution in [0.4, 0.5) is 11.4 Å². The molecule has 0 aliphatic carbocycles. The second-order valence-corrected chi connectivity index (χ2v) is 7.09. The molecule has 0 fully saturated rings. The van der Waals surface area contributed by atoms with E-state index in [1.807, 2.05) is 66.7 Å². The lowest BCUT2D eigenvalue weighted by Gasteiger charge is -2.19. The summed E-state index contributed by atoms with van der Waals surface area (Å²) in [5, 5.41) is 6.31. The van der Waals surface area contributed by atoms with Crippen molar-refractivity contribution in [2.24, 2.45) is 4.99 Å². The number of hydrogen-bond acceptors (Lipinski definition) is 3. The average molecular weight is 385 g/mol. The van der Waals surface area contributed by atoms with E-state index >= 15 is 0 Å². The van der Waals surface area contributed by atoms with Crippen molar-refractivity contribution >= 4 is 39.6 Å². The minimum Gasteiger partial charge on any atom is -0.487 e. The molecule has 0 atom stereocenters. The first kappa shape index (κ1) is 16.8. The standard InChI is InChI=1S/C24H17ClN2O/c25-19-14-18(12-13-22(19)28-15-16-6-2-1-3-7-16)24-26-20-10-4-8-17-9-5-11-21(27-24)23(17)20/h1-14H,15H2,(H,26,27). The molecule has 4 aromatic rings. The molecule has 0 unspecified atom stereocenters. The van der Waals surface area contributed by atoms with Crippen LogP contribution in [0.1, 0.15) is 11.1 Å². The van der Waals surface area contributed by atoms with Crippen LogP contribution in [0.5, 0.6) is 5.75 Å². The minimum atomic E-state index is 0.481. The van der Waals surface area contributed by atoms with Crippen molar-refractivity contribution in [1.29, 1.82) is 0 Å². The van der Waals surface area contributed by atoms with Gasteiger partial charge >= 0.3 is 0 Å². The number of ether oxygens (including phenoxy) is 1. The third-order valence-corrected chi connectivity index (χ3v) is 5.11. The summed E-state index contributed by atoms with van der Waals surface area (Å²) < 4.78 is 5.88. The van der Waals surface area contributed by atoms with Gasteiger partial charge in [-0.05, 0) is 41.3 Å². The van der Waals surface area contributed by atoms with E-state index in [9.17, 15) is 0 Å². The summed E-state index contributed by atoms with van der Waals surface area (Å²) in [6.07, 6.45) is 0. The van der Waals surface area contributed by atoms with Gasteiger partial charge in [-0.25, -0.2) is 4.99 Å². The van der Waals surface area contributed by atoms with Crippen LogP contribution in [0.3, 0.4) is 0 Å². The highest BCUT2D eigenvalue weighted by molar-refractivity contribution is 6.32. The van der Waals surface area contributed by atoms with Gasteiger partial charge in [-0.15, -0.1) is 0 Å². The number of anilines is 1. The normalized spacial score (nSPS) is 12.4. The van der Waals surface area contributed by atoms with E-state index in [4.69, 9.17) is 21.3 Å². The van der Waals surface area contributed by atoms with Crippen molar-refractivity contribution in [3.05, 3.63) is 101 Å². The highest BCUT2D eigenvalue weighted by Crippen LogP contribution is 2.37. The Morgan fingerprint density at radius 3 is 2.50 bits per heavy atom. The molecule has 1 aliphatic heterocycles. The molecule has 0 aromatic heterocycles. The maximum absolute atomic E-state index is 6.49. The summed E-state index contributed by atoms with van der Waals surface area (Å²) in [5.74, 6) is 1.44. The lowest BCUT2D eigenvalue weighted by atomic mass is 10.0. The lowest BCUT2D eigenvalue weighted by Crippen LogP contribution is -2.16. The van der Waals surface area contributed by atoms with Crippen LogP contribution in [0.2, 0.25) is 5.02 Å². The number of benzene rings is 4. The molecule has 4 aromatic carbocycles. The summed E-state index contributed by atoms with van der Waals surface area (Å²) in [5.41, 5.74) is 4.04. The Hall–Kier alpha value is -3.30. The quantitative estimate of drug-likeness (QED) is 0.431. The molecule has 4 heteroatoms. The van der Waals surface area contributed by atoms with Crippen molar-refractivity contribution in [3.63, 3.8) is 0 Å². The summed E-state index contributed by atoms with van der Waals surface area (Å²) in [6.45, 7) is 0.481. The highest BCUT2D eigenvalue weighted by Gasteiger charge is 2.16. The molecule has 1 N–H and O–H groups in total. The van der Waals surface area contributed by atoms with Gasteiger partial charge < -0.3 is 10.1 Å². The number of nitrogens with zero attached hydrogens (tertiary/aromatic N) is 1. The predicted octanol–water partition coefficient (Wildman–Crippen LogP) is 6.58. The van der Waals surface area contributed by atoms with Gasteiger partial charge in [-0.2, -0.15) is 0 Å². The Balaban J connectivity index is 1.43. The molecular formula is C24H17ClN2O. The van der Waals surface area contributed by atoms with Gasteiger partial charge in [0, 0.05) is 16.6 Å². The second kappa shape index (κ2) is 7.02. The van der Waals surface area contributed by atoms with Crippen LogP contribution >= 0.6 is 11.6 Å². The molecule has 0 saturated carbocycles.